The number of esters is 1. The summed E-state index contributed by atoms with van der Waals surface area (Å²) in [4.78, 5) is 11.4. The molecule has 1 aromatic rings. The number of benzene rings is 1. The first kappa shape index (κ1) is 18.9. The summed E-state index contributed by atoms with van der Waals surface area (Å²) >= 11 is 0. The summed E-state index contributed by atoms with van der Waals surface area (Å²) in [5, 5.41) is 0. The summed E-state index contributed by atoms with van der Waals surface area (Å²) in [6, 6.07) is 6.70. The van der Waals surface area contributed by atoms with Crippen molar-refractivity contribution in [3.63, 3.8) is 0 Å². The third-order valence-corrected chi connectivity index (χ3v) is 5.75. The largest absolute Gasteiger partial charge is 0.465 e. The van der Waals surface area contributed by atoms with E-state index in [1.807, 2.05) is 13.8 Å². The molecule has 0 spiro atoms. The van der Waals surface area contributed by atoms with Crippen molar-refractivity contribution in [2.24, 2.45) is 0 Å². The molecule has 1 saturated heterocycles. The number of methoxy groups -OCH3 is 1. The summed E-state index contributed by atoms with van der Waals surface area (Å²) in [6.07, 6.45) is -0.257. The number of carbonyl (C=O) groups excluding carboxylic acids is 1. The lowest BCUT2D eigenvalue weighted by molar-refractivity contribution is -0.0453. The second-order valence-electron chi connectivity index (χ2n) is 6.03. The van der Waals surface area contributed by atoms with Gasteiger partial charge in [-0.1, -0.05) is 12.1 Å². The van der Waals surface area contributed by atoms with Gasteiger partial charge in [0.1, 0.15) is 0 Å². The van der Waals surface area contributed by atoms with Gasteiger partial charge < -0.3 is 9.47 Å². The molecule has 0 bridgehead atoms. The lowest BCUT2D eigenvalue weighted by Crippen LogP contribution is -2.52. The summed E-state index contributed by atoms with van der Waals surface area (Å²) in [5.74, 6) is -0.418. The lowest BCUT2D eigenvalue weighted by atomic mass is 10.1. The smallest absolute Gasteiger partial charge is 0.337 e. The van der Waals surface area contributed by atoms with Crippen LogP contribution in [0.1, 0.15) is 29.8 Å². The number of hydrogen-bond donors (Lipinski definition) is 0. The van der Waals surface area contributed by atoms with Gasteiger partial charge in [0.2, 0.25) is 0 Å². The minimum absolute atomic E-state index is 0.128. The van der Waals surface area contributed by atoms with Gasteiger partial charge in [0.15, 0.2) is 0 Å². The zero-order valence-corrected chi connectivity index (χ0v) is 15.2. The van der Waals surface area contributed by atoms with E-state index in [4.69, 9.17) is 4.74 Å². The summed E-state index contributed by atoms with van der Waals surface area (Å²) in [5.41, 5.74) is 1.23. The van der Waals surface area contributed by atoms with Crippen LogP contribution in [0.25, 0.3) is 0 Å². The highest BCUT2D eigenvalue weighted by molar-refractivity contribution is 7.86. The molecule has 1 aliphatic heterocycles. The molecular formula is C16H24N2O5S. The van der Waals surface area contributed by atoms with Crippen molar-refractivity contribution in [3.05, 3.63) is 35.4 Å². The Hall–Kier alpha value is -1.48. The van der Waals surface area contributed by atoms with Crippen LogP contribution in [-0.2, 0) is 26.2 Å². The fourth-order valence-corrected chi connectivity index (χ4v) is 4.22. The van der Waals surface area contributed by atoms with Crippen LogP contribution in [0.15, 0.2) is 24.3 Å². The molecule has 0 N–H and O–H groups in total. The van der Waals surface area contributed by atoms with E-state index in [9.17, 15) is 13.2 Å². The van der Waals surface area contributed by atoms with Gasteiger partial charge in [-0.05, 0) is 31.5 Å². The van der Waals surface area contributed by atoms with Gasteiger partial charge in [-0.15, -0.1) is 0 Å². The van der Waals surface area contributed by atoms with Crippen LogP contribution in [0.4, 0.5) is 0 Å². The highest BCUT2D eigenvalue weighted by Gasteiger charge is 2.33. The Labute approximate surface area is 143 Å². The maximum absolute atomic E-state index is 12.7. The topological polar surface area (TPSA) is 76.2 Å². The van der Waals surface area contributed by atoms with Crippen molar-refractivity contribution in [2.75, 3.05) is 27.2 Å². The molecule has 0 unspecified atom stereocenters. The number of rotatable bonds is 5. The molecule has 1 fully saturated rings. The first-order valence-electron chi connectivity index (χ1n) is 7.78. The Morgan fingerprint density at radius 1 is 1.25 bits per heavy atom. The van der Waals surface area contributed by atoms with Crippen LogP contribution in [0, 0.1) is 0 Å². The van der Waals surface area contributed by atoms with Crippen molar-refractivity contribution >= 4 is 16.2 Å². The molecule has 134 valence electrons. The van der Waals surface area contributed by atoms with Crippen LogP contribution in [0.3, 0.4) is 0 Å². The van der Waals surface area contributed by atoms with Crippen molar-refractivity contribution in [3.8, 4) is 0 Å². The summed E-state index contributed by atoms with van der Waals surface area (Å²) < 4.78 is 38.4. The minimum Gasteiger partial charge on any atom is -0.465 e. The fraction of sp³-hybridized carbons (Fsp3) is 0.562. The first-order chi connectivity index (χ1) is 11.2. The second kappa shape index (κ2) is 7.60. The molecule has 1 aliphatic rings. The average Bonchev–Trinajstić information content (AvgIpc) is 2.53. The normalized spacial score (nSPS) is 22.5. The Morgan fingerprint density at radius 2 is 1.79 bits per heavy atom. The van der Waals surface area contributed by atoms with Crippen LogP contribution in [0.5, 0.6) is 0 Å². The van der Waals surface area contributed by atoms with E-state index in [2.05, 4.69) is 4.74 Å². The monoisotopic (exact) mass is 356 g/mol. The molecule has 1 aromatic carbocycles. The number of ether oxygens (including phenoxy) is 2. The van der Waals surface area contributed by atoms with Gasteiger partial charge in [0.25, 0.3) is 10.2 Å². The van der Waals surface area contributed by atoms with Crippen molar-refractivity contribution in [2.45, 2.75) is 32.6 Å². The molecule has 7 nitrogen and oxygen atoms in total. The van der Waals surface area contributed by atoms with Gasteiger partial charge >= 0.3 is 5.97 Å². The van der Waals surface area contributed by atoms with Crippen molar-refractivity contribution < 1.29 is 22.7 Å². The van der Waals surface area contributed by atoms with Crippen LogP contribution in [-0.4, -0.2) is 62.5 Å². The molecule has 0 saturated carbocycles. The maximum Gasteiger partial charge on any atom is 0.337 e. The molecule has 0 aromatic heterocycles. The van der Waals surface area contributed by atoms with E-state index in [-0.39, 0.29) is 18.8 Å². The van der Waals surface area contributed by atoms with Gasteiger partial charge in [-0.2, -0.15) is 17.0 Å². The van der Waals surface area contributed by atoms with Gasteiger partial charge in [-0.3, -0.25) is 0 Å². The van der Waals surface area contributed by atoms with Crippen LogP contribution >= 0.6 is 0 Å². The molecule has 0 amide bonds. The predicted molar refractivity (Wildman–Crippen MR) is 89.8 cm³/mol. The number of carbonyl (C=O) groups is 1. The summed E-state index contributed by atoms with van der Waals surface area (Å²) in [6.45, 7) is 4.65. The van der Waals surface area contributed by atoms with Crippen molar-refractivity contribution in [1.82, 2.24) is 8.61 Å². The Morgan fingerprint density at radius 3 is 2.29 bits per heavy atom. The third-order valence-electron chi connectivity index (χ3n) is 3.89. The third kappa shape index (κ3) is 4.32. The predicted octanol–water partition coefficient (Wildman–Crippen LogP) is 1.26. The molecule has 2 atom stereocenters. The number of hydrogen-bond acceptors (Lipinski definition) is 5. The van der Waals surface area contributed by atoms with Gasteiger partial charge in [0, 0.05) is 26.7 Å². The quantitative estimate of drug-likeness (QED) is 0.743. The fourth-order valence-electron chi connectivity index (χ4n) is 2.72. The molecule has 2 rings (SSSR count). The lowest BCUT2D eigenvalue weighted by Gasteiger charge is -2.36. The zero-order valence-electron chi connectivity index (χ0n) is 14.4. The maximum atomic E-state index is 12.7. The molecule has 1 heterocycles. The standard InChI is InChI=1S/C16H24N2O5S/c1-12-9-18(10-13(2)23-12)24(20,21)17(3)11-14-5-7-15(8-6-14)16(19)22-4/h5-8,12-13H,9-11H2,1-4H3/t12-,13+. The summed E-state index contributed by atoms with van der Waals surface area (Å²) in [7, 11) is -0.692. The molecule has 0 aliphatic carbocycles. The van der Waals surface area contributed by atoms with E-state index in [1.54, 1.807) is 31.3 Å². The average molecular weight is 356 g/mol. The Balaban J connectivity index is 2.07. The highest BCUT2D eigenvalue weighted by Crippen LogP contribution is 2.18. The SMILES string of the molecule is COC(=O)c1ccc(CN(C)S(=O)(=O)N2C[C@@H](C)O[C@@H](C)C2)cc1. The van der Waals surface area contributed by atoms with E-state index >= 15 is 0 Å². The molecule has 8 heteroatoms. The molecule has 24 heavy (non-hydrogen) atoms. The van der Waals surface area contributed by atoms with Crippen LogP contribution in [0.2, 0.25) is 0 Å². The zero-order chi connectivity index (χ0) is 17.9. The van der Waals surface area contributed by atoms with Gasteiger partial charge in [-0.25, -0.2) is 4.79 Å². The number of nitrogens with zero attached hydrogens (tertiary/aromatic N) is 2. The molecule has 0 radical (unpaired) electrons. The Bertz CT molecular complexity index is 664. The second-order valence-corrected chi connectivity index (χ2v) is 8.06. The molecular weight excluding hydrogens is 332 g/mol. The highest BCUT2D eigenvalue weighted by atomic mass is 32.2. The first-order valence-corrected chi connectivity index (χ1v) is 9.18. The van der Waals surface area contributed by atoms with E-state index < -0.39 is 16.2 Å². The minimum atomic E-state index is -3.56. The van der Waals surface area contributed by atoms with E-state index in [0.29, 0.717) is 18.7 Å². The van der Waals surface area contributed by atoms with Crippen molar-refractivity contribution in [1.29, 1.82) is 0 Å². The number of morpholine rings is 1. The van der Waals surface area contributed by atoms with Gasteiger partial charge in [0.05, 0.1) is 24.9 Å². The Kier molecular flexibility index (Phi) is 5.97. The van der Waals surface area contributed by atoms with E-state index in [1.165, 1.54) is 15.7 Å². The van der Waals surface area contributed by atoms with Crippen LogP contribution < -0.4 is 0 Å². The van der Waals surface area contributed by atoms with E-state index in [0.717, 1.165) is 5.56 Å².